The number of benzene rings is 2. The number of ether oxygens (including phenoxy) is 2. The first-order valence-corrected chi connectivity index (χ1v) is 7.62. The van der Waals surface area contributed by atoms with Crippen molar-refractivity contribution in [2.75, 3.05) is 7.11 Å². The van der Waals surface area contributed by atoms with E-state index in [1.165, 1.54) is 5.56 Å². The summed E-state index contributed by atoms with van der Waals surface area (Å²) >= 11 is 0. The fourth-order valence-electron chi connectivity index (χ4n) is 2.83. The maximum atomic E-state index is 10.3. The molecule has 0 heterocycles. The number of aliphatic hydroxyl groups excluding tert-OH is 1. The number of methoxy groups -OCH3 is 1. The van der Waals surface area contributed by atoms with Crippen molar-refractivity contribution in [3.63, 3.8) is 0 Å². The lowest BCUT2D eigenvalue weighted by Crippen LogP contribution is -2.45. The zero-order valence-corrected chi connectivity index (χ0v) is 12.7. The lowest BCUT2D eigenvalue weighted by molar-refractivity contribution is -0.0797. The van der Waals surface area contributed by atoms with Crippen LogP contribution in [0.5, 0.6) is 5.75 Å². The lowest BCUT2D eigenvalue weighted by Gasteiger charge is -2.33. The number of hydrogen-bond donors (Lipinski definition) is 1. The van der Waals surface area contributed by atoms with Crippen LogP contribution >= 0.6 is 0 Å². The molecule has 0 aromatic heterocycles. The Kier molecular flexibility index (Phi) is 4.76. The largest absolute Gasteiger partial charge is 0.488 e. The smallest absolute Gasteiger partial charge is 0.127 e. The molecule has 1 fully saturated rings. The molecule has 3 nitrogen and oxygen atoms in total. The van der Waals surface area contributed by atoms with E-state index in [4.69, 9.17) is 9.47 Å². The predicted molar refractivity (Wildman–Crippen MR) is 86.6 cm³/mol. The minimum Gasteiger partial charge on any atom is -0.488 e. The molecule has 0 aliphatic heterocycles. The Morgan fingerprint density at radius 3 is 2.18 bits per heavy atom. The van der Waals surface area contributed by atoms with E-state index in [2.05, 4.69) is 18.6 Å². The first-order chi connectivity index (χ1) is 10.8. The van der Waals surface area contributed by atoms with Gasteiger partial charge in [0.25, 0.3) is 0 Å². The summed E-state index contributed by atoms with van der Waals surface area (Å²) in [5.41, 5.74) is 2.33. The van der Waals surface area contributed by atoms with Crippen LogP contribution in [0.2, 0.25) is 0 Å². The Labute approximate surface area is 131 Å². The van der Waals surface area contributed by atoms with Crippen LogP contribution in [0.25, 0.3) is 11.1 Å². The molecule has 0 spiro atoms. The Balaban J connectivity index is 1.68. The summed E-state index contributed by atoms with van der Waals surface area (Å²) in [5.74, 6) is 0.772. The van der Waals surface area contributed by atoms with E-state index < -0.39 is 6.10 Å². The predicted octanol–water partition coefficient (Wildman–Crippen LogP) is 3.47. The highest BCUT2D eigenvalue weighted by molar-refractivity contribution is 5.63. The molecular formula is C19H21O3. The number of aliphatic hydroxyl groups is 1. The van der Waals surface area contributed by atoms with Gasteiger partial charge < -0.3 is 14.6 Å². The summed E-state index contributed by atoms with van der Waals surface area (Å²) in [6.07, 6.45) is 2.60. The van der Waals surface area contributed by atoms with Gasteiger partial charge in [0.2, 0.25) is 0 Å². The molecule has 115 valence electrons. The molecule has 1 N–H and O–H groups in total. The second-order valence-electron chi connectivity index (χ2n) is 5.57. The summed E-state index contributed by atoms with van der Waals surface area (Å²) in [4.78, 5) is 0. The topological polar surface area (TPSA) is 38.7 Å². The highest BCUT2D eigenvalue weighted by atomic mass is 16.5. The van der Waals surface area contributed by atoms with E-state index in [0.29, 0.717) is 0 Å². The lowest BCUT2D eigenvalue weighted by atomic mass is 9.92. The molecule has 0 saturated heterocycles. The van der Waals surface area contributed by atoms with Crippen molar-refractivity contribution in [1.82, 2.24) is 0 Å². The van der Waals surface area contributed by atoms with Gasteiger partial charge in [-0.2, -0.15) is 0 Å². The van der Waals surface area contributed by atoms with Crippen LogP contribution in [0.15, 0.2) is 54.6 Å². The van der Waals surface area contributed by atoms with Gasteiger partial charge >= 0.3 is 0 Å². The third-order valence-corrected chi connectivity index (χ3v) is 4.11. The molecule has 2 aromatic rings. The monoisotopic (exact) mass is 297 g/mol. The molecule has 2 aromatic carbocycles. The quantitative estimate of drug-likeness (QED) is 0.939. The Morgan fingerprint density at radius 1 is 0.864 bits per heavy atom. The molecule has 1 aliphatic carbocycles. The van der Waals surface area contributed by atoms with E-state index in [1.54, 1.807) is 7.11 Å². The molecule has 3 heteroatoms. The molecular weight excluding hydrogens is 276 g/mol. The van der Waals surface area contributed by atoms with Gasteiger partial charge in [0, 0.05) is 7.11 Å². The molecule has 0 amide bonds. The van der Waals surface area contributed by atoms with Gasteiger partial charge in [-0.3, -0.25) is 0 Å². The first-order valence-electron chi connectivity index (χ1n) is 7.62. The van der Waals surface area contributed by atoms with Crippen LogP contribution in [0.3, 0.4) is 0 Å². The average molecular weight is 297 g/mol. The van der Waals surface area contributed by atoms with Crippen LogP contribution in [-0.4, -0.2) is 30.5 Å². The maximum absolute atomic E-state index is 10.3. The van der Waals surface area contributed by atoms with Crippen LogP contribution in [0.1, 0.15) is 12.8 Å². The van der Waals surface area contributed by atoms with Gasteiger partial charge in [0.05, 0.1) is 6.10 Å². The van der Waals surface area contributed by atoms with Crippen molar-refractivity contribution in [2.24, 2.45) is 0 Å². The zero-order chi connectivity index (χ0) is 15.4. The molecule has 3 unspecified atom stereocenters. The van der Waals surface area contributed by atoms with E-state index in [1.807, 2.05) is 42.5 Å². The Morgan fingerprint density at radius 2 is 1.50 bits per heavy atom. The minimum atomic E-state index is -0.594. The Hall–Kier alpha value is -1.84. The average Bonchev–Trinajstić information content (AvgIpc) is 2.58. The van der Waals surface area contributed by atoms with Crippen molar-refractivity contribution in [2.45, 2.75) is 31.2 Å². The standard InChI is InChI=1S/C19H21O3/c1-21-17-8-5-9-18(19(17)20)22-16-12-10-15(11-13-16)14-6-3-2-4-7-14/h2-7,10-13,17-20H,8-9H2,1H3. The van der Waals surface area contributed by atoms with Gasteiger partial charge in [-0.15, -0.1) is 0 Å². The third kappa shape index (κ3) is 3.32. The van der Waals surface area contributed by atoms with Crippen molar-refractivity contribution in [3.8, 4) is 16.9 Å². The van der Waals surface area contributed by atoms with Crippen LogP contribution in [0, 0.1) is 6.42 Å². The van der Waals surface area contributed by atoms with Gasteiger partial charge in [-0.05, 0) is 42.5 Å². The van der Waals surface area contributed by atoms with Crippen LogP contribution in [-0.2, 0) is 4.74 Å². The minimum absolute atomic E-state index is 0.178. The summed E-state index contributed by atoms with van der Waals surface area (Å²) in [7, 11) is 1.62. The van der Waals surface area contributed by atoms with Crippen LogP contribution < -0.4 is 4.74 Å². The Bertz CT molecular complexity index is 579. The van der Waals surface area contributed by atoms with E-state index in [-0.39, 0.29) is 12.2 Å². The third-order valence-electron chi connectivity index (χ3n) is 4.11. The molecule has 1 aliphatic rings. The number of hydrogen-bond acceptors (Lipinski definition) is 3. The molecule has 22 heavy (non-hydrogen) atoms. The van der Waals surface area contributed by atoms with Crippen LogP contribution in [0.4, 0.5) is 0 Å². The highest BCUT2D eigenvalue weighted by Gasteiger charge is 2.33. The summed E-state index contributed by atoms with van der Waals surface area (Å²) in [5, 5.41) is 10.3. The molecule has 0 bridgehead atoms. The molecule has 1 saturated carbocycles. The highest BCUT2D eigenvalue weighted by Crippen LogP contribution is 2.27. The van der Waals surface area contributed by atoms with E-state index in [9.17, 15) is 5.11 Å². The second kappa shape index (κ2) is 6.95. The van der Waals surface area contributed by atoms with Crippen molar-refractivity contribution >= 4 is 0 Å². The van der Waals surface area contributed by atoms with Crippen molar-refractivity contribution in [1.29, 1.82) is 0 Å². The van der Waals surface area contributed by atoms with Gasteiger partial charge in [-0.1, -0.05) is 42.5 Å². The molecule has 3 rings (SSSR count). The normalized spacial score (nSPS) is 24.9. The van der Waals surface area contributed by atoms with E-state index in [0.717, 1.165) is 24.2 Å². The fraction of sp³-hybridized carbons (Fsp3) is 0.316. The second-order valence-corrected chi connectivity index (χ2v) is 5.57. The number of rotatable bonds is 4. The van der Waals surface area contributed by atoms with Gasteiger partial charge in [-0.25, -0.2) is 0 Å². The summed E-state index contributed by atoms with van der Waals surface area (Å²) in [6, 6.07) is 18.2. The van der Waals surface area contributed by atoms with Crippen molar-refractivity contribution in [3.05, 3.63) is 61.0 Å². The summed E-state index contributed by atoms with van der Waals surface area (Å²) in [6.45, 7) is 0. The molecule has 1 radical (unpaired) electrons. The van der Waals surface area contributed by atoms with E-state index >= 15 is 0 Å². The van der Waals surface area contributed by atoms with Gasteiger partial charge in [0.1, 0.15) is 18.0 Å². The summed E-state index contributed by atoms with van der Waals surface area (Å²) < 4.78 is 11.2. The maximum Gasteiger partial charge on any atom is 0.127 e. The van der Waals surface area contributed by atoms with Crippen molar-refractivity contribution < 1.29 is 14.6 Å². The SMILES string of the molecule is COC1C[CH]CC(Oc2ccc(-c3ccccc3)cc2)C1O. The zero-order valence-electron chi connectivity index (χ0n) is 12.7. The fourth-order valence-corrected chi connectivity index (χ4v) is 2.83. The first kappa shape index (κ1) is 15.1. The van der Waals surface area contributed by atoms with Gasteiger partial charge in [0.15, 0.2) is 0 Å². The molecule has 3 atom stereocenters.